The number of rotatable bonds is 2. The highest BCUT2D eigenvalue weighted by Crippen LogP contribution is 2.52. The van der Waals surface area contributed by atoms with Gasteiger partial charge >= 0.3 is 0 Å². The molecule has 2 aliphatic rings. The minimum absolute atomic E-state index is 0.223. The number of para-hydroxylation sites is 1. The van der Waals surface area contributed by atoms with Gasteiger partial charge in [0.15, 0.2) is 0 Å². The third kappa shape index (κ3) is 2.47. The van der Waals surface area contributed by atoms with Crippen molar-refractivity contribution in [3.63, 3.8) is 0 Å². The van der Waals surface area contributed by atoms with E-state index >= 15 is 0 Å². The van der Waals surface area contributed by atoms with Crippen LogP contribution >= 0.6 is 11.6 Å². The van der Waals surface area contributed by atoms with E-state index < -0.39 is 0 Å². The molecule has 1 heterocycles. The first-order valence-corrected chi connectivity index (χ1v) is 9.56. The van der Waals surface area contributed by atoms with Crippen LogP contribution in [0.2, 0.25) is 5.02 Å². The number of hydrogen-bond acceptors (Lipinski definition) is 1. The molecule has 1 nitrogen and oxygen atoms in total. The fourth-order valence-corrected chi connectivity index (χ4v) is 4.77. The average Bonchev–Trinajstić information content (AvgIpc) is 3.18. The van der Waals surface area contributed by atoms with E-state index in [1.54, 1.807) is 0 Å². The van der Waals surface area contributed by atoms with Crippen LogP contribution in [0.1, 0.15) is 29.5 Å². The molecule has 2 heteroatoms. The maximum absolute atomic E-state index is 6.57. The Morgan fingerprint density at radius 2 is 1.58 bits per heavy atom. The number of hydrogen-bond donors (Lipinski definition) is 1. The lowest BCUT2D eigenvalue weighted by atomic mass is 9.76. The number of anilines is 1. The Hall–Kier alpha value is -2.51. The number of fused-ring (bicyclic) bond motifs is 3. The zero-order chi connectivity index (χ0) is 17.5. The standard InChI is InChI=1S/C24H20ClN/c25-22-15-5-4-10-21(22)24-20-14-7-12-18(20)19-13-6-11-17(23(19)26-24)16-8-2-1-3-9-16/h1-13,15,18,20,24,26H,14H2/t18-,20+,24-/m1/s1. The van der Waals surface area contributed by atoms with E-state index in [4.69, 9.17) is 11.6 Å². The molecule has 0 aromatic heterocycles. The molecule has 0 spiro atoms. The predicted molar refractivity (Wildman–Crippen MR) is 110 cm³/mol. The topological polar surface area (TPSA) is 12.0 Å². The molecule has 3 atom stereocenters. The minimum Gasteiger partial charge on any atom is -0.377 e. The molecule has 26 heavy (non-hydrogen) atoms. The molecule has 3 aromatic carbocycles. The van der Waals surface area contributed by atoms with Crippen molar-refractivity contribution in [2.45, 2.75) is 18.4 Å². The van der Waals surface area contributed by atoms with Gasteiger partial charge in [-0.2, -0.15) is 0 Å². The van der Waals surface area contributed by atoms with E-state index in [1.165, 1.54) is 27.9 Å². The van der Waals surface area contributed by atoms with Crippen molar-refractivity contribution in [2.75, 3.05) is 5.32 Å². The van der Waals surface area contributed by atoms with Gasteiger partial charge < -0.3 is 5.32 Å². The molecule has 128 valence electrons. The highest BCUT2D eigenvalue weighted by atomic mass is 35.5. The predicted octanol–water partition coefficient (Wildman–Crippen LogP) is 6.83. The van der Waals surface area contributed by atoms with Crippen LogP contribution in [0.5, 0.6) is 0 Å². The lowest BCUT2D eigenvalue weighted by Crippen LogP contribution is -2.29. The first-order valence-electron chi connectivity index (χ1n) is 9.19. The van der Waals surface area contributed by atoms with E-state index in [1.807, 2.05) is 12.1 Å². The van der Waals surface area contributed by atoms with Crippen molar-refractivity contribution in [1.82, 2.24) is 0 Å². The summed E-state index contributed by atoms with van der Waals surface area (Å²) < 4.78 is 0. The van der Waals surface area contributed by atoms with Gasteiger partial charge in [-0.05, 0) is 35.1 Å². The van der Waals surface area contributed by atoms with E-state index in [9.17, 15) is 0 Å². The van der Waals surface area contributed by atoms with Crippen LogP contribution in [0.15, 0.2) is 84.9 Å². The number of nitrogens with one attached hydrogen (secondary N) is 1. The largest absolute Gasteiger partial charge is 0.377 e. The molecule has 0 bridgehead atoms. The van der Waals surface area contributed by atoms with Gasteiger partial charge in [0, 0.05) is 22.2 Å². The van der Waals surface area contributed by atoms with Crippen molar-refractivity contribution in [1.29, 1.82) is 0 Å². The Bertz CT molecular complexity index is 977. The Morgan fingerprint density at radius 3 is 2.42 bits per heavy atom. The summed E-state index contributed by atoms with van der Waals surface area (Å²) in [6, 6.07) is 25.7. The molecular formula is C24H20ClN. The first kappa shape index (κ1) is 15.7. The molecule has 0 saturated heterocycles. The molecule has 1 N–H and O–H groups in total. The van der Waals surface area contributed by atoms with Crippen LogP contribution in [0.25, 0.3) is 11.1 Å². The van der Waals surface area contributed by atoms with Crippen LogP contribution in [0.4, 0.5) is 5.69 Å². The monoisotopic (exact) mass is 357 g/mol. The van der Waals surface area contributed by atoms with E-state index in [0.717, 1.165) is 11.4 Å². The lowest BCUT2D eigenvalue weighted by molar-refractivity contribution is 0.426. The smallest absolute Gasteiger partial charge is 0.0568 e. The van der Waals surface area contributed by atoms with Gasteiger partial charge in [-0.1, -0.05) is 90.5 Å². The second-order valence-corrected chi connectivity index (χ2v) is 7.54. The van der Waals surface area contributed by atoms with Crippen molar-refractivity contribution in [3.8, 4) is 11.1 Å². The summed E-state index contributed by atoms with van der Waals surface area (Å²) in [5, 5.41) is 4.71. The average molecular weight is 358 g/mol. The van der Waals surface area contributed by atoms with Gasteiger partial charge in [0.2, 0.25) is 0 Å². The summed E-state index contributed by atoms with van der Waals surface area (Å²) in [6.07, 6.45) is 5.79. The quantitative estimate of drug-likeness (QED) is 0.495. The summed E-state index contributed by atoms with van der Waals surface area (Å²) in [5.74, 6) is 0.949. The molecule has 0 saturated carbocycles. The summed E-state index contributed by atoms with van der Waals surface area (Å²) in [5.41, 5.74) is 6.35. The Morgan fingerprint density at radius 1 is 0.808 bits per heavy atom. The molecule has 0 unspecified atom stereocenters. The van der Waals surface area contributed by atoms with Gasteiger partial charge in [0.25, 0.3) is 0 Å². The van der Waals surface area contributed by atoms with Crippen LogP contribution < -0.4 is 5.32 Å². The number of benzene rings is 3. The number of halogens is 1. The maximum Gasteiger partial charge on any atom is 0.0568 e. The fourth-order valence-electron chi connectivity index (χ4n) is 4.51. The second kappa shape index (κ2) is 6.34. The molecule has 0 amide bonds. The van der Waals surface area contributed by atoms with Gasteiger partial charge in [0.1, 0.15) is 0 Å². The normalized spacial score (nSPS) is 23.2. The Labute approximate surface area is 159 Å². The number of allylic oxidation sites excluding steroid dienone is 2. The molecule has 1 aliphatic carbocycles. The minimum atomic E-state index is 0.223. The van der Waals surface area contributed by atoms with Gasteiger partial charge in [-0.15, -0.1) is 0 Å². The third-order valence-corrected chi connectivity index (χ3v) is 6.07. The summed E-state index contributed by atoms with van der Waals surface area (Å²) in [6.45, 7) is 0. The van der Waals surface area contributed by atoms with Crippen LogP contribution in [-0.2, 0) is 0 Å². The van der Waals surface area contributed by atoms with Gasteiger partial charge in [-0.25, -0.2) is 0 Å². The van der Waals surface area contributed by atoms with E-state index in [-0.39, 0.29) is 6.04 Å². The zero-order valence-corrected chi connectivity index (χ0v) is 15.2. The Balaban J connectivity index is 1.68. The van der Waals surface area contributed by atoms with E-state index in [0.29, 0.717) is 11.8 Å². The van der Waals surface area contributed by atoms with E-state index in [2.05, 4.69) is 78.1 Å². The highest BCUT2D eigenvalue weighted by Gasteiger charge is 2.39. The highest BCUT2D eigenvalue weighted by molar-refractivity contribution is 6.31. The molecule has 0 radical (unpaired) electrons. The Kier molecular flexibility index (Phi) is 3.83. The van der Waals surface area contributed by atoms with Crippen molar-refractivity contribution in [3.05, 3.63) is 101 Å². The van der Waals surface area contributed by atoms with Crippen molar-refractivity contribution in [2.24, 2.45) is 5.92 Å². The SMILES string of the molecule is Clc1ccccc1[C@@H]1Nc2c(-c3ccccc3)cccc2[C@H]2C=CC[C@@H]21. The lowest BCUT2D eigenvalue weighted by Gasteiger charge is -2.39. The maximum atomic E-state index is 6.57. The molecular weight excluding hydrogens is 338 g/mol. The molecule has 0 fully saturated rings. The molecule has 1 aliphatic heterocycles. The first-order chi connectivity index (χ1) is 12.8. The zero-order valence-electron chi connectivity index (χ0n) is 14.4. The van der Waals surface area contributed by atoms with Crippen molar-refractivity contribution < 1.29 is 0 Å². The van der Waals surface area contributed by atoms with Crippen LogP contribution in [0, 0.1) is 5.92 Å². The van der Waals surface area contributed by atoms with Gasteiger partial charge in [0.05, 0.1) is 6.04 Å². The van der Waals surface area contributed by atoms with Crippen LogP contribution in [0.3, 0.4) is 0 Å². The summed E-state index contributed by atoms with van der Waals surface area (Å²) >= 11 is 6.57. The molecule has 3 aromatic rings. The molecule has 5 rings (SSSR count). The van der Waals surface area contributed by atoms with Gasteiger partial charge in [-0.3, -0.25) is 0 Å². The summed E-state index contributed by atoms with van der Waals surface area (Å²) in [4.78, 5) is 0. The van der Waals surface area contributed by atoms with Crippen LogP contribution in [-0.4, -0.2) is 0 Å². The fraction of sp³-hybridized carbons (Fsp3) is 0.167. The third-order valence-electron chi connectivity index (χ3n) is 5.72. The summed E-state index contributed by atoms with van der Waals surface area (Å²) in [7, 11) is 0. The van der Waals surface area contributed by atoms with Crippen molar-refractivity contribution >= 4 is 17.3 Å². The second-order valence-electron chi connectivity index (χ2n) is 7.13.